The molecule has 1 aromatic rings. The summed E-state index contributed by atoms with van der Waals surface area (Å²) in [6, 6.07) is 7.76. The van der Waals surface area contributed by atoms with Crippen molar-refractivity contribution in [2.24, 2.45) is 5.73 Å². The van der Waals surface area contributed by atoms with E-state index in [2.05, 4.69) is 0 Å². The maximum atomic E-state index is 9.49. The molecule has 0 radical (unpaired) electrons. The Labute approximate surface area is 119 Å². The summed E-state index contributed by atoms with van der Waals surface area (Å²) in [6.07, 6.45) is 0.122. The van der Waals surface area contributed by atoms with Gasteiger partial charge in [0.05, 0.1) is 19.8 Å². The molecular formula is C14H23NO3S. The Kier molecular flexibility index (Phi) is 7.23. The van der Waals surface area contributed by atoms with Crippen LogP contribution in [0.1, 0.15) is 24.2 Å². The van der Waals surface area contributed by atoms with Crippen LogP contribution in [-0.4, -0.2) is 41.8 Å². The van der Waals surface area contributed by atoms with Gasteiger partial charge in [-0.3, -0.25) is 0 Å². The summed E-state index contributed by atoms with van der Waals surface area (Å²) in [4.78, 5) is 0. The SMILES string of the molecule is CCC(N)C(SCC(O)CO)c1ccccc1OC. The van der Waals surface area contributed by atoms with Crippen LogP contribution in [0.3, 0.4) is 0 Å². The van der Waals surface area contributed by atoms with E-state index in [1.54, 1.807) is 18.9 Å². The lowest BCUT2D eigenvalue weighted by Gasteiger charge is -2.25. The Balaban J connectivity index is 2.89. The van der Waals surface area contributed by atoms with Gasteiger partial charge in [-0.2, -0.15) is 0 Å². The largest absolute Gasteiger partial charge is 0.496 e. The van der Waals surface area contributed by atoms with Gasteiger partial charge < -0.3 is 20.7 Å². The first kappa shape index (κ1) is 16.3. The van der Waals surface area contributed by atoms with E-state index in [1.165, 1.54) is 0 Å². The van der Waals surface area contributed by atoms with Crippen molar-refractivity contribution in [1.29, 1.82) is 0 Å². The predicted molar refractivity (Wildman–Crippen MR) is 79.6 cm³/mol. The minimum absolute atomic E-state index is 0.0211. The third-order valence-electron chi connectivity index (χ3n) is 2.98. The third-order valence-corrected chi connectivity index (χ3v) is 4.52. The van der Waals surface area contributed by atoms with Gasteiger partial charge in [-0.1, -0.05) is 25.1 Å². The number of hydrogen-bond donors (Lipinski definition) is 3. The molecule has 3 unspecified atom stereocenters. The number of methoxy groups -OCH3 is 1. The maximum absolute atomic E-state index is 9.49. The van der Waals surface area contributed by atoms with Crippen LogP contribution < -0.4 is 10.5 Å². The van der Waals surface area contributed by atoms with E-state index < -0.39 is 6.10 Å². The molecule has 0 fully saturated rings. The first-order valence-corrected chi connectivity index (χ1v) is 7.47. The van der Waals surface area contributed by atoms with Gasteiger partial charge in [-0.25, -0.2) is 0 Å². The molecular weight excluding hydrogens is 262 g/mol. The zero-order valence-electron chi connectivity index (χ0n) is 11.5. The van der Waals surface area contributed by atoms with Crippen molar-refractivity contribution < 1.29 is 14.9 Å². The fourth-order valence-corrected chi connectivity index (χ4v) is 3.18. The van der Waals surface area contributed by atoms with Crippen molar-refractivity contribution in [3.8, 4) is 5.75 Å². The molecule has 0 saturated heterocycles. The minimum atomic E-state index is -0.716. The van der Waals surface area contributed by atoms with Gasteiger partial charge >= 0.3 is 0 Å². The number of benzene rings is 1. The highest BCUT2D eigenvalue weighted by molar-refractivity contribution is 7.99. The van der Waals surface area contributed by atoms with Gasteiger partial charge in [-0.05, 0) is 12.5 Å². The van der Waals surface area contributed by atoms with Crippen LogP contribution in [0.2, 0.25) is 0 Å². The van der Waals surface area contributed by atoms with Crippen molar-refractivity contribution in [1.82, 2.24) is 0 Å². The zero-order valence-corrected chi connectivity index (χ0v) is 12.3. The predicted octanol–water partition coefficient (Wildman–Crippen LogP) is 1.56. The Morgan fingerprint density at radius 2 is 2.05 bits per heavy atom. The molecule has 0 aliphatic rings. The molecule has 0 aliphatic heterocycles. The molecule has 0 aromatic heterocycles. The summed E-state index contributed by atoms with van der Waals surface area (Å²) in [7, 11) is 1.64. The molecule has 19 heavy (non-hydrogen) atoms. The molecule has 1 aromatic carbocycles. The summed E-state index contributed by atoms with van der Waals surface area (Å²) >= 11 is 1.55. The molecule has 0 spiro atoms. The van der Waals surface area contributed by atoms with Crippen molar-refractivity contribution in [3.63, 3.8) is 0 Å². The van der Waals surface area contributed by atoms with Crippen LogP contribution in [0.25, 0.3) is 0 Å². The Morgan fingerprint density at radius 3 is 2.63 bits per heavy atom. The highest BCUT2D eigenvalue weighted by Crippen LogP contribution is 2.37. The van der Waals surface area contributed by atoms with Gasteiger partial charge in [0.15, 0.2) is 0 Å². The number of rotatable bonds is 8. The number of nitrogens with two attached hydrogens (primary N) is 1. The third kappa shape index (κ3) is 4.69. The average Bonchev–Trinajstić information content (AvgIpc) is 2.47. The molecule has 0 bridgehead atoms. The highest BCUT2D eigenvalue weighted by Gasteiger charge is 2.23. The Morgan fingerprint density at radius 1 is 1.37 bits per heavy atom. The number of ether oxygens (including phenoxy) is 1. The molecule has 0 saturated carbocycles. The fraction of sp³-hybridized carbons (Fsp3) is 0.571. The maximum Gasteiger partial charge on any atom is 0.123 e. The van der Waals surface area contributed by atoms with Crippen LogP contribution in [0.5, 0.6) is 5.75 Å². The van der Waals surface area contributed by atoms with E-state index in [9.17, 15) is 5.11 Å². The number of thioether (sulfide) groups is 1. The zero-order chi connectivity index (χ0) is 14.3. The minimum Gasteiger partial charge on any atom is -0.496 e. The Hall–Kier alpha value is -0.750. The average molecular weight is 285 g/mol. The number of hydrogen-bond acceptors (Lipinski definition) is 5. The summed E-state index contributed by atoms with van der Waals surface area (Å²) in [5, 5.41) is 18.4. The lowest BCUT2D eigenvalue weighted by molar-refractivity contribution is 0.113. The smallest absolute Gasteiger partial charge is 0.123 e. The molecule has 4 nitrogen and oxygen atoms in total. The van der Waals surface area contributed by atoms with Crippen molar-refractivity contribution in [2.75, 3.05) is 19.5 Å². The van der Waals surface area contributed by atoms with E-state index in [1.807, 2.05) is 31.2 Å². The van der Waals surface area contributed by atoms with Crippen LogP contribution in [0.4, 0.5) is 0 Å². The van der Waals surface area contributed by atoms with Crippen LogP contribution in [0.15, 0.2) is 24.3 Å². The first-order valence-electron chi connectivity index (χ1n) is 6.43. The number of aliphatic hydroxyl groups excluding tert-OH is 2. The molecule has 0 amide bonds. The van der Waals surface area contributed by atoms with Gasteiger partial charge in [0.25, 0.3) is 0 Å². The van der Waals surface area contributed by atoms with Gasteiger partial charge in [0, 0.05) is 22.6 Å². The van der Waals surface area contributed by atoms with Gasteiger partial charge in [-0.15, -0.1) is 11.8 Å². The second-order valence-corrected chi connectivity index (χ2v) is 5.58. The highest BCUT2D eigenvalue weighted by atomic mass is 32.2. The lowest BCUT2D eigenvalue weighted by Crippen LogP contribution is -2.27. The molecule has 4 N–H and O–H groups in total. The van der Waals surface area contributed by atoms with E-state index >= 15 is 0 Å². The summed E-state index contributed by atoms with van der Waals surface area (Å²) in [6.45, 7) is 1.81. The second kappa shape index (κ2) is 8.43. The number of para-hydroxylation sites is 1. The van der Waals surface area contributed by atoms with E-state index in [0.717, 1.165) is 17.7 Å². The van der Waals surface area contributed by atoms with Crippen molar-refractivity contribution in [2.45, 2.75) is 30.7 Å². The first-order chi connectivity index (χ1) is 9.13. The summed E-state index contributed by atoms with van der Waals surface area (Å²) < 4.78 is 5.37. The molecule has 1 rings (SSSR count). The Bertz CT molecular complexity index is 375. The summed E-state index contributed by atoms with van der Waals surface area (Å²) in [5.41, 5.74) is 7.22. The molecule has 5 heteroatoms. The summed E-state index contributed by atoms with van der Waals surface area (Å²) in [5.74, 6) is 1.26. The number of aliphatic hydroxyl groups is 2. The lowest BCUT2D eigenvalue weighted by atomic mass is 10.0. The van der Waals surface area contributed by atoms with E-state index in [4.69, 9.17) is 15.6 Å². The van der Waals surface area contributed by atoms with Crippen LogP contribution >= 0.6 is 11.8 Å². The van der Waals surface area contributed by atoms with E-state index in [-0.39, 0.29) is 17.9 Å². The quantitative estimate of drug-likeness (QED) is 0.676. The normalized spacial score (nSPS) is 15.8. The second-order valence-electron chi connectivity index (χ2n) is 4.40. The monoisotopic (exact) mass is 285 g/mol. The molecule has 0 aliphatic carbocycles. The van der Waals surface area contributed by atoms with Crippen molar-refractivity contribution >= 4 is 11.8 Å². The van der Waals surface area contributed by atoms with E-state index in [0.29, 0.717) is 5.75 Å². The van der Waals surface area contributed by atoms with Crippen LogP contribution in [0, 0.1) is 0 Å². The standard InChI is InChI=1S/C14H23NO3S/c1-3-12(15)14(19-9-10(17)8-16)11-6-4-5-7-13(11)18-2/h4-7,10,12,14,16-17H,3,8-9,15H2,1-2H3. The topological polar surface area (TPSA) is 75.7 Å². The fourth-order valence-electron chi connectivity index (χ4n) is 1.83. The van der Waals surface area contributed by atoms with Crippen LogP contribution in [-0.2, 0) is 0 Å². The molecule has 3 atom stereocenters. The van der Waals surface area contributed by atoms with Gasteiger partial charge in [0.2, 0.25) is 0 Å². The van der Waals surface area contributed by atoms with Gasteiger partial charge in [0.1, 0.15) is 5.75 Å². The van der Waals surface area contributed by atoms with Crippen molar-refractivity contribution in [3.05, 3.63) is 29.8 Å². The molecule has 108 valence electrons. The molecule has 0 heterocycles.